The van der Waals surface area contributed by atoms with Gasteiger partial charge in [-0.15, -0.1) is 0 Å². The van der Waals surface area contributed by atoms with Crippen LogP contribution in [0.3, 0.4) is 0 Å². The summed E-state index contributed by atoms with van der Waals surface area (Å²) in [7, 11) is 0. The number of hydrogen-bond donors (Lipinski definition) is 1. The number of hydrogen-bond acceptors (Lipinski definition) is 6. The van der Waals surface area contributed by atoms with Gasteiger partial charge in [-0.25, -0.2) is 0 Å². The summed E-state index contributed by atoms with van der Waals surface area (Å²) in [4.78, 5) is 23.0. The molecule has 1 aromatic heterocycles. The van der Waals surface area contributed by atoms with E-state index in [0.29, 0.717) is 22.9 Å². The summed E-state index contributed by atoms with van der Waals surface area (Å²) in [6, 6.07) is 4.36. The van der Waals surface area contributed by atoms with E-state index in [0.717, 1.165) is 0 Å². The number of fused-ring (bicyclic) bond motifs is 1. The number of ether oxygens (including phenoxy) is 2. The molecule has 1 amide bonds. The lowest BCUT2D eigenvalue weighted by Crippen LogP contribution is -2.25. The van der Waals surface area contributed by atoms with E-state index in [9.17, 15) is 14.9 Å². The lowest BCUT2D eigenvalue weighted by molar-refractivity contribution is -0.386. The van der Waals surface area contributed by atoms with Gasteiger partial charge in [0.1, 0.15) is 17.4 Å². The van der Waals surface area contributed by atoms with Crippen molar-refractivity contribution in [1.29, 1.82) is 0 Å². The average molecular weight is 332 g/mol. The molecule has 0 radical (unpaired) electrons. The fourth-order valence-corrected chi connectivity index (χ4v) is 2.63. The van der Waals surface area contributed by atoms with Crippen LogP contribution in [0.5, 0.6) is 11.5 Å². The highest BCUT2D eigenvalue weighted by Crippen LogP contribution is 2.34. The third kappa shape index (κ3) is 2.64. The Hall–Kier alpha value is -3.10. The number of amides is 1. The van der Waals surface area contributed by atoms with Crippen molar-refractivity contribution in [2.75, 3.05) is 12.1 Å². The number of aromatic nitrogens is 2. The van der Waals surface area contributed by atoms with Crippen LogP contribution < -0.4 is 14.8 Å². The van der Waals surface area contributed by atoms with Crippen LogP contribution in [0.1, 0.15) is 24.4 Å². The number of nitrogens with zero attached hydrogens (tertiary/aromatic N) is 3. The molecule has 24 heavy (non-hydrogen) atoms. The van der Waals surface area contributed by atoms with E-state index < -0.39 is 11.0 Å². The van der Waals surface area contributed by atoms with Crippen molar-refractivity contribution >= 4 is 17.3 Å². The number of nitrogens with one attached hydrogen (secondary N) is 1. The highest BCUT2D eigenvalue weighted by Gasteiger charge is 2.27. The number of carbonyl (C=O) groups excluding carboxylic acids is 1. The Morgan fingerprint density at radius 2 is 2.08 bits per heavy atom. The zero-order valence-corrected chi connectivity index (χ0v) is 13.4. The maximum Gasteiger partial charge on any atom is 0.312 e. The molecule has 1 aromatic carbocycles. The van der Waals surface area contributed by atoms with Gasteiger partial charge in [0.25, 0.3) is 0 Å². The Bertz CT molecular complexity index is 830. The monoisotopic (exact) mass is 332 g/mol. The average Bonchev–Trinajstić information content (AvgIpc) is 3.10. The van der Waals surface area contributed by atoms with Crippen LogP contribution in [0.4, 0.5) is 11.4 Å². The summed E-state index contributed by atoms with van der Waals surface area (Å²) in [5.74, 6) is 0.840. The van der Waals surface area contributed by atoms with Crippen molar-refractivity contribution in [3.8, 4) is 11.5 Å². The van der Waals surface area contributed by atoms with Gasteiger partial charge < -0.3 is 14.8 Å². The third-order valence-electron chi connectivity index (χ3n) is 3.86. The standard InChI is InChI=1S/C15H16N4O5/c1-8-14(19(21)22)9(2)18(17-8)10(3)15(20)16-11-4-5-12-13(6-11)24-7-23-12/h4-6,10H,7H2,1-3H3,(H,16,20)/t10-/m0/s1. The molecule has 0 saturated heterocycles. The van der Waals surface area contributed by atoms with Gasteiger partial charge in [-0.05, 0) is 32.9 Å². The van der Waals surface area contributed by atoms with E-state index in [-0.39, 0.29) is 24.1 Å². The van der Waals surface area contributed by atoms with Gasteiger partial charge in [-0.2, -0.15) is 5.10 Å². The predicted molar refractivity (Wildman–Crippen MR) is 84.3 cm³/mol. The highest BCUT2D eigenvalue weighted by atomic mass is 16.7. The number of carbonyl (C=O) groups is 1. The van der Waals surface area contributed by atoms with Crippen molar-refractivity contribution in [1.82, 2.24) is 9.78 Å². The van der Waals surface area contributed by atoms with E-state index in [1.807, 2.05) is 0 Å². The molecule has 9 heteroatoms. The highest BCUT2D eigenvalue weighted by molar-refractivity contribution is 5.93. The second-order valence-electron chi connectivity index (χ2n) is 5.45. The predicted octanol–water partition coefficient (Wildman–Crippen LogP) is 2.34. The molecule has 2 heterocycles. The van der Waals surface area contributed by atoms with Crippen LogP contribution in [0, 0.1) is 24.0 Å². The molecule has 1 aliphatic rings. The van der Waals surface area contributed by atoms with Crippen LogP contribution >= 0.6 is 0 Å². The number of rotatable bonds is 4. The van der Waals surface area contributed by atoms with Gasteiger partial charge >= 0.3 is 5.69 Å². The summed E-state index contributed by atoms with van der Waals surface area (Å²) in [6.07, 6.45) is 0. The third-order valence-corrected chi connectivity index (χ3v) is 3.86. The van der Waals surface area contributed by atoms with Crippen LogP contribution in [0.25, 0.3) is 0 Å². The largest absolute Gasteiger partial charge is 0.454 e. The maximum atomic E-state index is 12.4. The molecule has 0 bridgehead atoms. The molecule has 1 atom stereocenters. The first-order valence-electron chi connectivity index (χ1n) is 7.29. The van der Waals surface area contributed by atoms with Gasteiger partial charge in [0.2, 0.25) is 12.7 Å². The van der Waals surface area contributed by atoms with Gasteiger partial charge in [0, 0.05) is 11.8 Å². The van der Waals surface area contributed by atoms with Crippen molar-refractivity contribution < 1.29 is 19.2 Å². The van der Waals surface area contributed by atoms with E-state index in [1.165, 1.54) is 4.68 Å². The molecule has 0 unspecified atom stereocenters. The Morgan fingerprint density at radius 3 is 2.75 bits per heavy atom. The minimum Gasteiger partial charge on any atom is -0.454 e. The molecular formula is C15H16N4O5. The fraction of sp³-hybridized carbons (Fsp3) is 0.333. The Morgan fingerprint density at radius 1 is 1.38 bits per heavy atom. The molecule has 0 saturated carbocycles. The molecule has 1 aliphatic heterocycles. The van der Waals surface area contributed by atoms with Crippen LogP contribution in [0.15, 0.2) is 18.2 Å². The second kappa shape index (κ2) is 5.84. The molecule has 2 aromatic rings. The molecule has 0 spiro atoms. The molecule has 0 fully saturated rings. The molecule has 3 rings (SSSR count). The Labute approximate surface area is 137 Å². The molecule has 9 nitrogen and oxygen atoms in total. The summed E-state index contributed by atoms with van der Waals surface area (Å²) < 4.78 is 11.8. The first-order chi connectivity index (χ1) is 11.4. The summed E-state index contributed by atoms with van der Waals surface area (Å²) >= 11 is 0. The first kappa shape index (κ1) is 15.8. The van der Waals surface area contributed by atoms with Crippen molar-refractivity contribution in [2.45, 2.75) is 26.8 Å². The minimum atomic E-state index is -0.706. The number of benzene rings is 1. The second-order valence-corrected chi connectivity index (χ2v) is 5.45. The quantitative estimate of drug-likeness (QED) is 0.680. The van der Waals surface area contributed by atoms with Gasteiger partial charge in [-0.3, -0.25) is 19.6 Å². The molecule has 126 valence electrons. The van der Waals surface area contributed by atoms with Gasteiger partial charge in [-0.1, -0.05) is 0 Å². The zero-order chi connectivity index (χ0) is 17.4. The SMILES string of the molecule is Cc1nn([C@@H](C)C(=O)Nc2ccc3c(c2)OCO3)c(C)c1[N+](=O)[O-]. The summed E-state index contributed by atoms with van der Waals surface area (Å²) in [5.41, 5.74) is 1.09. The van der Waals surface area contributed by atoms with Crippen molar-refractivity contribution in [3.05, 3.63) is 39.7 Å². The summed E-state index contributed by atoms with van der Waals surface area (Å²) in [6.45, 7) is 4.90. The first-order valence-corrected chi connectivity index (χ1v) is 7.29. The Balaban J connectivity index is 1.80. The Kier molecular flexibility index (Phi) is 3.84. The molecular weight excluding hydrogens is 316 g/mol. The summed E-state index contributed by atoms with van der Waals surface area (Å²) in [5, 5.41) is 17.9. The fourth-order valence-electron chi connectivity index (χ4n) is 2.63. The number of aryl methyl sites for hydroxylation is 1. The normalized spacial score (nSPS) is 13.6. The van der Waals surface area contributed by atoms with Crippen LogP contribution in [0.2, 0.25) is 0 Å². The van der Waals surface area contributed by atoms with Gasteiger partial charge in [0.05, 0.1) is 4.92 Å². The molecule has 1 N–H and O–H groups in total. The minimum absolute atomic E-state index is 0.0715. The van der Waals surface area contributed by atoms with E-state index in [2.05, 4.69) is 10.4 Å². The van der Waals surface area contributed by atoms with Crippen molar-refractivity contribution in [2.24, 2.45) is 0 Å². The smallest absolute Gasteiger partial charge is 0.312 e. The maximum absolute atomic E-state index is 12.4. The lowest BCUT2D eigenvalue weighted by Gasteiger charge is -2.14. The van der Waals surface area contributed by atoms with E-state index >= 15 is 0 Å². The number of nitro groups is 1. The van der Waals surface area contributed by atoms with Crippen molar-refractivity contribution in [3.63, 3.8) is 0 Å². The van der Waals surface area contributed by atoms with Crippen LogP contribution in [-0.4, -0.2) is 27.4 Å². The number of anilines is 1. The van der Waals surface area contributed by atoms with Crippen LogP contribution in [-0.2, 0) is 4.79 Å². The topological polar surface area (TPSA) is 109 Å². The van der Waals surface area contributed by atoms with E-state index in [4.69, 9.17) is 9.47 Å². The van der Waals surface area contributed by atoms with Gasteiger partial charge in [0.15, 0.2) is 11.5 Å². The van der Waals surface area contributed by atoms with E-state index in [1.54, 1.807) is 39.0 Å². The zero-order valence-electron chi connectivity index (χ0n) is 13.4. The lowest BCUT2D eigenvalue weighted by atomic mass is 10.2. The molecule has 0 aliphatic carbocycles.